The molecule has 0 radical (unpaired) electrons. The first kappa shape index (κ1) is 20.7. The number of benzene rings is 2. The molecule has 0 aliphatic carbocycles. The Balaban J connectivity index is 0.00000243. The van der Waals surface area contributed by atoms with Crippen LogP contribution >= 0.6 is 24.0 Å². The molecule has 1 aliphatic heterocycles. The van der Waals surface area contributed by atoms with Crippen LogP contribution in [0.4, 0.5) is 5.69 Å². The molecular formula is C21H29IN4. The number of nitrogens with one attached hydrogen (secondary N) is 1. The van der Waals surface area contributed by atoms with E-state index in [4.69, 9.17) is 5.73 Å². The summed E-state index contributed by atoms with van der Waals surface area (Å²) in [5.74, 6) is 0.442. The summed E-state index contributed by atoms with van der Waals surface area (Å²) in [5, 5.41) is 3.10. The third kappa shape index (κ3) is 6.29. The number of nitrogens with zero attached hydrogens (tertiary/aromatic N) is 2. The van der Waals surface area contributed by atoms with Gasteiger partial charge in [0.15, 0.2) is 5.96 Å². The van der Waals surface area contributed by atoms with E-state index in [0.29, 0.717) is 18.5 Å². The zero-order valence-corrected chi connectivity index (χ0v) is 17.7. The van der Waals surface area contributed by atoms with Gasteiger partial charge in [-0.25, -0.2) is 4.99 Å². The van der Waals surface area contributed by atoms with Crippen molar-refractivity contribution in [1.82, 2.24) is 4.90 Å². The van der Waals surface area contributed by atoms with E-state index >= 15 is 0 Å². The second-order valence-corrected chi connectivity index (χ2v) is 6.82. The predicted octanol–water partition coefficient (Wildman–Crippen LogP) is 4.61. The lowest BCUT2D eigenvalue weighted by Crippen LogP contribution is -2.36. The first-order valence-corrected chi connectivity index (χ1v) is 9.14. The molecule has 1 heterocycles. The van der Waals surface area contributed by atoms with E-state index in [9.17, 15) is 0 Å². The van der Waals surface area contributed by atoms with Crippen molar-refractivity contribution in [2.24, 2.45) is 10.7 Å². The van der Waals surface area contributed by atoms with E-state index < -0.39 is 0 Å². The SMILES string of the molecule is CC1CCCCN1Cc1ccc(CN=C(N)Nc2ccccc2)cc1.I. The minimum absolute atomic E-state index is 0. The van der Waals surface area contributed by atoms with E-state index in [1.165, 1.54) is 36.9 Å². The van der Waals surface area contributed by atoms with E-state index in [-0.39, 0.29) is 24.0 Å². The molecule has 0 saturated carbocycles. The molecule has 1 unspecified atom stereocenters. The van der Waals surface area contributed by atoms with Crippen LogP contribution in [-0.4, -0.2) is 23.4 Å². The lowest BCUT2D eigenvalue weighted by molar-refractivity contribution is 0.152. The van der Waals surface area contributed by atoms with Gasteiger partial charge in [-0.3, -0.25) is 4.90 Å². The van der Waals surface area contributed by atoms with Crippen LogP contribution < -0.4 is 11.1 Å². The molecule has 1 atom stereocenters. The Morgan fingerprint density at radius 3 is 2.46 bits per heavy atom. The number of hydrogen-bond donors (Lipinski definition) is 2. The molecule has 0 bridgehead atoms. The number of hydrogen-bond acceptors (Lipinski definition) is 2. The molecule has 140 valence electrons. The third-order valence-electron chi connectivity index (χ3n) is 4.83. The fourth-order valence-electron chi connectivity index (χ4n) is 3.26. The maximum absolute atomic E-state index is 5.95. The van der Waals surface area contributed by atoms with Gasteiger partial charge in [-0.05, 0) is 49.6 Å². The highest BCUT2D eigenvalue weighted by Gasteiger charge is 2.17. The highest BCUT2D eigenvalue weighted by Crippen LogP contribution is 2.19. The molecular weight excluding hydrogens is 435 g/mol. The lowest BCUT2D eigenvalue weighted by atomic mass is 10.0. The van der Waals surface area contributed by atoms with E-state index in [1.54, 1.807) is 0 Å². The summed E-state index contributed by atoms with van der Waals surface area (Å²) < 4.78 is 0. The molecule has 4 nitrogen and oxygen atoms in total. The molecule has 1 saturated heterocycles. The third-order valence-corrected chi connectivity index (χ3v) is 4.83. The van der Waals surface area contributed by atoms with Gasteiger partial charge >= 0.3 is 0 Å². The van der Waals surface area contributed by atoms with Crippen LogP contribution in [0.5, 0.6) is 0 Å². The number of para-hydroxylation sites is 1. The van der Waals surface area contributed by atoms with Crippen molar-refractivity contribution >= 4 is 35.6 Å². The van der Waals surface area contributed by atoms with Gasteiger partial charge in [-0.1, -0.05) is 48.9 Å². The van der Waals surface area contributed by atoms with Crippen molar-refractivity contribution in [3.63, 3.8) is 0 Å². The van der Waals surface area contributed by atoms with Gasteiger partial charge in [0.05, 0.1) is 6.54 Å². The lowest BCUT2D eigenvalue weighted by Gasteiger charge is -2.33. The summed E-state index contributed by atoms with van der Waals surface area (Å²) in [6.45, 7) is 5.19. The van der Waals surface area contributed by atoms with Crippen LogP contribution in [0.1, 0.15) is 37.3 Å². The van der Waals surface area contributed by atoms with Crippen molar-refractivity contribution in [3.8, 4) is 0 Å². The number of rotatable bonds is 5. The first-order valence-electron chi connectivity index (χ1n) is 9.14. The molecule has 1 aliphatic rings. The van der Waals surface area contributed by atoms with Crippen molar-refractivity contribution in [2.75, 3.05) is 11.9 Å². The first-order chi connectivity index (χ1) is 12.2. The zero-order chi connectivity index (χ0) is 17.5. The minimum atomic E-state index is 0. The molecule has 2 aromatic rings. The largest absolute Gasteiger partial charge is 0.370 e. The second-order valence-electron chi connectivity index (χ2n) is 6.82. The summed E-state index contributed by atoms with van der Waals surface area (Å²) in [7, 11) is 0. The highest BCUT2D eigenvalue weighted by atomic mass is 127. The smallest absolute Gasteiger partial charge is 0.193 e. The number of likely N-dealkylation sites (tertiary alicyclic amines) is 1. The summed E-state index contributed by atoms with van der Waals surface area (Å²) >= 11 is 0. The van der Waals surface area contributed by atoms with Crippen LogP contribution in [0.3, 0.4) is 0 Å². The fraction of sp³-hybridized carbons (Fsp3) is 0.381. The number of halogens is 1. The van der Waals surface area contributed by atoms with Crippen LogP contribution in [0, 0.1) is 0 Å². The zero-order valence-electron chi connectivity index (χ0n) is 15.4. The maximum atomic E-state index is 5.95. The van der Waals surface area contributed by atoms with E-state index in [0.717, 1.165) is 12.2 Å². The summed E-state index contributed by atoms with van der Waals surface area (Å²) in [4.78, 5) is 7.00. The Morgan fingerprint density at radius 2 is 1.77 bits per heavy atom. The summed E-state index contributed by atoms with van der Waals surface area (Å²) in [5.41, 5.74) is 9.45. The van der Waals surface area contributed by atoms with Crippen molar-refractivity contribution < 1.29 is 0 Å². The van der Waals surface area contributed by atoms with Gasteiger partial charge in [-0.15, -0.1) is 24.0 Å². The highest BCUT2D eigenvalue weighted by molar-refractivity contribution is 14.0. The van der Waals surface area contributed by atoms with Gasteiger partial charge < -0.3 is 11.1 Å². The number of nitrogens with two attached hydrogens (primary N) is 1. The number of aliphatic imine (C=N–C) groups is 1. The second kappa shape index (κ2) is 10.5. The van der Waals surface area contributed by atoms with Gasteiger partial charge in [0, 0.05) is 18.3 Å². The molecule has 0 spiro atoms. The standard InChI is InChI=1S/C21H28N4.HI/c1-17-7-5-6-14-25(17)16-19-12-10-18(11-13-19)15-23-21(22)24-20-8-3-2-4-9-20;/h2-4,8-13,17H,5-7,14-16H2,1H3,(H3,22,23,24);1H. The number of anilines is 1. The van der Waals surface area contributed by atoms with Crippen LogP contribution in [0.2, 0.25) is 0 Å². The van der Waals surface area contributed by atoms with Crippen molar-refractivity contribution in [2.45, 2.75) is 45.3 Å². The molecule has 0 aromatic heterocycles. The molecule has 2 aromatic carbocycles. The summed E-state index contributed by atoms with van der Waals surface area (Å²) in [6.07, 6.45) is 4.01. The van der Waals surface area contributed by atoms with Gasteiger partial charge in [0.2, 0.25) is 0 Å². The Bertz CT molecular complexity index is 685. The molecule has 1 fully saturated rings. The maximum Gasteiger partial charge on any atom is 0.193 e. The Morgan fingerprint density at radius 1 is 1.08 bits per heavy atom. The molecule has 5 heteroatoms. The van der Waals surface area contributed by atoms with Crippen LogP contribution in [0.15, 0.2) is 59.6 Å². The Hall–Kier alpha value is -1.60. The fourth-order valence-corrected chi connectivity index (χ4v) is 3.26. The van der Waals surface area contributed by atoms with E-state index in [2.05, 4.69) is 46.4 Å². The number of guanidine groups is 1. The van der Waals surface area contributed by atoms with Gasteiger partial charge in [0.25, 0.3) is 0 Å². The van der Waals surface area contributed by atoms with Gasteiger partial charge in [0.1, 0.15) is 0 Å². The van der Waals surface area contributed by atoms with Crippen LogP contribution in [-0.2, 0) is 13.1 Å². The molecule has 3 N–H and O–H groups in total. The monoisotopic (exact) mass is 464 g/mol. The average Bonchev–Trinajstić information content (AvgIpc) is 2.64. The quantitative estimate of drug-likeness (QED) is 0.386. The van der Waals surface area contributed by atoms with E-state index in [1.807, 2.05) is 30.3 Å². The summed E-state index contributed by atoms with van der Waals surface area (Å²) in [6, 6.07) is 19.3. The average molecular weight is 464 g/mol. The molecule has 26 heavy (non-hydrogen) atoms. The molecule has 3 rings (SSSR count). The minimum Gasteiger partial charge on any atom is -0.370 e. The topological polar surface area (TPSA) is 53.6 Å². The Kier molecular flexibility index (Phi) is 8.38. The normalized spacial score (nSPS) is 18.2. The van der Waals surface area contributed by atoms with Gasteiger partial charge in [-0.2, -0.15) is 0 Å². The van der Waals surface area contributed by atoms with Crippen molar-refractivity contribution in [3.05, 3.63) is 65.7 Å². The van der Waals surface area contributed by atoms with Crippen molar-refractivity contribution in [1.29, 1.82) is 0 Å². The molecule has 0 amide bonds. The Labute approximate surface area is 173 Å². The number of piperidine rings is 1. The van der Waals surface area contributed by atoms with Crippen LogP contribution in [0.25, 0.3) is 0 Å². The predicted molar refractivity (Wildman–Crippen MR) is 121 cm³/mol.